The average Bonchev–Trinajstić information content (AvgIpc) is 3.51. The van der Waals surface area contributed by atoms with E-state index in [1.54, 1.807) is 4.57 Å². The molecule has 1 amide bonds. The number of carbonyl (C=O) groups is 1. The summed E-state index contributed by atoms with van der Waals surface area (Å²) >= 11 is 0. The SMILES string of the molecule is CCCCCCCCCC(=O)N(CCN1CCCC1)C(C)c1nc2ccccc2c(=O)n1-c1ccc(OC(C)C)cc1. The maximum absolute atomic E-state index is 14.0. The largest absolute Gasteiger partial charge is 0.491 e. The quantitative estimate of drug-likeness (QED) is 0.168. The first-order valence-electron chi connectivity index (χ1n) is 16.2. The molecule has 0 saturated carbocycles. The molecule has 1 saturated heterocycles. The van der Waals surface area contributed by atoms with E-state index in [-0.39, 0.29) is 23.6 Å². The zero-order valence-corrected chi connectivity index (χ0v) is 26.2. The van der Waals surface area contributed by atoms with E-state index in [2.05, 4.69) is 11.8 Å². The summed E-state index contributed by atoms with van der Waals surface area (Å²) in [6.07, 6.45) is 11.2. The molecule has 1 aliphatic rings. The van der Waals surface area contributed by atoms with Gasteiger partial charge in [0.15, 0.2) is 0 Å². The van der Waals surface area contributed by atoms with E-state index in [4.69, 9.17) is 9.72 Å². The first-order chi connectivity index (χ1) is 20.4. The predicted molar refractivity (Wildman–Crippen MR) is 172 cm³/mol. The molecule has 228 valence electrons. The Morgan fingerprint density at radius 1 is 0.929 bits per heavy atom. The van der Waals surface area contributed by atoms with Gasteiger partial charge in [-0.05, 0) is 89.5 Å². The summed E-state index contributed by atoms with van der Waals surface area (Å²) in [7, 11) is 0. The van der Waals surface area contributed by atoms with Gasteiger partial charge in [0.05, 0.1) is 28.7 Å². The molecule has 0 bridgehead atoms. The fourth-order valence-electron chi connectivity index (χ4n) is 5.93. The van der Waals surface area contributed by atoms with Crippen LogP contribution in [0.15, 0.2) is 53.3 Å². The van der Waals surface area contributed by atoms with E-state index in [1.807, 2.05) is 74.2 Å². The zero-order chi connectivity index (χ0) is 29.9. The maximum Gasteiger partial charge on any atom is 0.266 e. The summed E-state index contributed by atoms with van der Waals surface area (Å²) in [4.78, 5) is 37.2. The van der Waals surface area contributed by atoms with Crippen LogP contribution in [-0.4, -0.2) is 57.5 Å². The van der Waals surface area contributed by atoms with Crippen molar-refractivity contribution in [3.05, 3.63) is 64.7 Å². The third-order valence-corrected chi connectivity index (χ3v) is 8.28. The number of para-hydroxylation sites is 1. The zero-order valence-electron chi connectivity index (χ0n) is 26.2. The minimum absolute atomic E-state index is 0.0583. The lowest BCUT2D eigenvalue weighted by Gasteiger charge is -2.32. The molecule has 0 N–H and O–H groups in total. The summed E-state index contributed by atoms with van der Waals surface area (Å²) in [5.41, 5.74) is 1.24. The summed E-state index contributed by atoms with van der Waals surface area (Å²) in [5, 5.41) is 0.564. The number of aromatic nitrogens is 2. The van der Waals surface area contributed by atoms with Gasteiger partial charge in [-0.3, -0.25) is 14.2 Å². The summed E-state index contributed by atoms with van der Waals surface area (Å²) in [5.74, 6) is 1.48. The van der Waals surface area contributed by atoms with Crippen LogP contribution >= 0.6 is 0 Å². The van der Waals surface area contributed by atoms with Gasteiger partial charge in [-0.1, -0.05) is 57.6 Å². The third kappa shape index (κ3) is 8.43. The number of carbonyl (C=O) groups excluding carboxylic acids is 1. The van der Waals surface area contributed by atoms with Crippen molar-refractivity contribution in [1.82, 2.24) is 19.4 Å². The number of likely N-dealkylation sites (tertiary alicyclic amines) is 1. The van der Waals surface area contributed by atoms with Crippen molar-refractivity contribution in [2.75, 3.05) is 26.2 Å². The minimum atomic E-state index is -0.367. The first-order valence-corrected chi connectivity index (χ1v) is 16.2. The molecule has 42 heavy (non-hydrogen) atoms. The lowest BCUT2D eigenvalue weighted by atomic mass is 10.1. The van der Waals surface area contributed by atoms with Gasteiger partial charge < -0.3 is 14.5 Å². The molecule has 1 unspecified atom stereocenters. The van der Waals surface area contributed by atoms with Crippen LogP contribution in [0.25, 0.3) is 16.6 Å². The Hall–Kier alpha value is -3.19. The van der Waals surface area contributed by atoms with E-state index < -0.39 is 0 Å². The van der Waals surface area contributed by atoms with Crippen LogP contribution in [0.1, 0.15) is 104 Å². The Morgan fingerprint density at radius 2 is 1.60 bits per heavy atom. The lowest BCUT2D eigenvalue weighted by Crippen LogP contribution is -2.41. The van der Waals surface area contributed by atoms with Crippen molar-refractivity contribution in [2.24, 2.45) is 0 Å². The number of benzene rings is 2. The van der Waals surface area contributed by atoms with E-state index in [9.17, 15) is 9.59 Å². The first kappa shape index (κ1) is 31.7. The summed E-state index contributed by atoms with van der Waals surface area (Å²) in [6.45, 7) is 11.9. The molecular weight excluding hydrogens is 524 g/mol. The topological polar surface area (TPSA) is 67.7 Å². The highest BCUT2D eigenvalue weighted by molar-refractivity contribution is 5.79. The van der Waals surface area contributed by atoms with Gasteiger partial charge in [0, 0.05) is 19.5 Å². The molecule has 7 heteroatoms. The van der Waals surface area contributed by atoms with Gasteiger partial charge in [0.1, 0.15) is 11.6 Å². The average molecular weight is 575 g/mol. The Labute approximate surface area is 251 Å². The summed E-state index contributed by atoms with van der Waals surface area (Å²) in [6, 6.07) is 14.7. The molecule has 0 radical (unpaired) electrons. The van der Waals surface area contributed by atoms with Gasteiger partial charge in [-0.25, -0.2) is 4.98 Å². The van der Waals surface area contributed by atoms with Crippen LogP contribution in [0.3, 0.4) is 0 Å². The van der Waals surface area contributed by atoms with E-state index in [0.717, 1.165) is 43.9 Å². The minimum Gasteiger partial charge on any atom is -0.491 e. The van der Waals surface area contributed by atoms with Crippen LogP contribution in [0.5, 0.6) is 5.75 Å². The predicted octanol–water partition coefficient (Wildman–Crippen LogP) is 7.30. The molecule has 0 aliphatic carbocycles. The molecule has 3 aromatic rings. The van der Waals surface area contributed by atoms with Gasteiger partial charge in [-0.2, -0.15) is 0 Å². The Kier molecular flexibility index (Phi) is 12.0. The van der Waals surface area contributed by atoms with Crippen LogP contribution in [0, 0.1) is 0 Å². The van der Waals surface area contributed by atoms with Crippen molar-refractivity contribution >= 4 is 16.8 Å². The molecule has 7 nitrogen and oxygen atoms in total. The molecule has 1 aliphatic heterocycles. The molecule has 4 rings (SSSR count). The molecule has 0 spiro atoms. The lowest BCUT2D eigenvalue weighted by molar-refractivity contribution is -0.134. The molecule has 1 atom stereocenters. The fourth-order valence-corrected chi connectivity index (χ4v) is 5.93. The van der Waals surface area contributed by atoms with Crippen molar-refractivity contribution < 1.29 is 9.53 Å². The number of rotatable bonds is 16. The van der Waals surface area contributed by atoms with Crippen LogP contribution in [0.2, 0.25) is 0 Å². The van der Waals surface area contributed by atoms with Gasteiger partial charge in [0.2, 0.25) is 5.91 Å². The Morgan fingerprint density at radius 3 is 2.29 bits per heavy atom. The second kappa shape index (κ2) is 15.9. The molecule has 2 heterocycles. The summed E-state index contributed by atoms with van der Waals surface area (Å²) < 4.78 is 7.54. The number of fused-ring (bicyclic) bond motifs is 1. The normalized spacial score (nSPS) is 14.5. The molecule has 1 fully saturated rings. The van der Waals surface area contributed by atoms with Crippen molar-refractivity contribution in [2.45, 2.75) is 104 Å². The van der Waals surface area contributed by atoms with Crippen molar-refractivity contribution in [3.8, 4) is 11.4 Å². The Balaban J connectivity index is 1.64. The number of hydrogen-bond acceptors (Lipinski definition) is 5. The fraction of sp³-hybridized carbons (Fsp3) is 0.571. The number of ether oxygens (including phenoxy) is 1. The van der Waals surface area contributed by atoms with Gasteiger partial charge in [0.25, 0.3) is 5.56 Å². The standard InChI is InChI=1S/C35H50N4O3/c1-5-6-7-8-9-10-11-18-33(40)38(26-25-37-23-14-15-24-37)28(4)34-36-32-17-13-12-16-31(32)35(41)39(34)29-19-21-30(22-20-29)42-27(2)3/h12-13,16-17,19-22,27-28H,5-11,14-15,18,23-26H2,1-4H3. The number of nitrogens with zero attached hydrogens (tertiary/aromatic N) is 4. The van der Waals surface area contributed by atoms with E-state index in [0.29, 0.717) is 29.7 Å². The van der Waals surface area contributed by atoms with Crippen LogP contribution in [-0.2, 0) is 4.79 Å². The van der Waals surface area contributed by atoms with Gasteiger partial charge in [-0.15, -0.1) is 0 Å². The monoisotopic (exact) mass is 574 g/mol. The molecular formula is C35H50N4O3. The van der Waals surface area contributed by atoms with Crippen LogP contribution < -0.4 is 10.3 Å². The second-order valence-corrected chi connectivity index (χ2v) is 12.0. The van der Waals surface area contributed by atoms with E-state index >= 15 is 0 Å². The third-order valence-electron chi connectivity index (χ3n) is 8.28. The van der Waals surface area contributed by atoms with Gasteiger partial charge >= 0.3 is 0 Å². The highest BCUT2D eigenvalue weighted by Gasteiger charge is 2.27. The van der Waals surface area contributed by atoms with E-state index in [1.165, 1.54) is 44.9 Å². The smallest absolute Gasteiger partial charge is 0.266 e. The highest BCUT2D eigenvalue weighted by atomic mass is 16.5. The molecule has 1 aromatic heterocycles. The highest BCUT2D eigenvalue weighted by Crippen LogP contribution is 2.26. The van der Waals surface area contributed by atoms with Crippen LogP contribution in [0.4, 0.5) is 0 Å². The maximum atomic E-state index is 14.0. The number of unbranched alkanes of at least 4 members (excludes halogenated alkanes) is 6. The molecule has 2 aromatic carbocycles. The number of amides is 1. The second-order valence-electron chi connectivity index (χ2n) is 12.0. The van der Waals surface area contributed by atoms with Crippen molar-refractivity contribution in [3.63, 3.8) is 0 Å². The number of hydrogen-bond donors (Lipinski definition) is 0. The van der Waals surface area contributed by atoms with Crippen molar-refractivity contribution in [1.29, 1.82) is 0 Å². The Bertz CT molecular complexity index is 1330.